The number of hydrogen-bond acceptors (Lipinski definition) is 2. The highest BCUT2D eigenvalue weighted by atomic mass is 19.4. The third-order valence-electron chi connectivity index (χ3n) is 3.37. The molecule has 0 amide bonds. The maximum atomic E-state index is 12.8. The molecule has 0 radical (unpaired) electrons. The highest BCUT2D eigenvalue weighted by molar-refractivity contribution is 5.35. The molecule has 18 heavy (non-hydrogen) atoms. The molecular formula is C13H16F3NO. The summed E-state index contributed by atoms with van der Waals surface area (Å²) in [6, 6.07) is 6.69. The molecule has 100 valence electrons. The number of alkyl halides is 3. The molecule has 1 saturated carbocycles. The molecule has 1 atom stereocenters. The van der Waals surface area contributed by atoms with Gasteiger partial charge in [-0.2, -0.15) is 13.2 Å². The summed E-state index contributed by atoms with van der Waals surface area (Å²) < 4.78 is 43.6. The summed E-state index contributed by atoms with van der Waals surface area (Å²) in [5, 5.41) is 0. The minimum atomic E-state index is -4.18. The van der Waals surface area contributed by atoms with E-state index >= 15 is 0 Å². The van der Waals surface area contributed by atoms with Gasteiger partial charge < -0.3 is 10.5 Å². The topological polar surface area (TPSA) is 35.2 Å². The zero-order chi connectivity index (χ0) is 13.4. The van der Waals surface area contributed by atoms with Gasteiger partial charge in [-0.25, -0.2) is 0 Å². The Bertz CT molecular complexity index is 424. The van der Waals surface area contributed by atoms with Crippen molar-refractivity contribution in [2.45, 2.75) is 32.0 Å². The van der Waals surface area contributed by atoms with Gasteiger partial charge in [-0.1, -0.05) is 18.2 Å². The number of ether oxygens (including phenoxy) is 1. The first-order valence-corrected chi connectivity index (χ1v) is 5.90. The molecule has 1 aromatic carbocycles. The predicted molar refractivity (Wildman–Crippen MR) is 62.3 cm³/mol. The van der Waals surface area contributed by atoms with Crippen molar-refractivity contribution in [1.82, 2.24) is 0 Å². The van der Waals surface area contributed by atoms with Crippen molar-refractivity contribution in [1.29, 1.82) is 0 Å². The lowest BCUT2D eigenvalue weighted by Crippen LogP contribution is -2.30. The Labute approximate surface area is 104 Å². The fourth-order valence-electron chi connectivity index (χ4n) is 1.86. The quantitative estimate of drug-likeness (QED) is 0.899. The van der Waals surface area contributed by atoms with Crippen LogP contribution in [0.15, 0.2) is 24.3 Å². The monoisotopic (exact) mass is 259 g/mol. The Morgan fingerprint density at radius 1 is 1.33 bits per heavy atom. The average molecular weight is 259 g/mol. The van der Waals surface area contributed by atoms with Gasteiger partial charge in [0.1, 0.15) is 17.8 Å². The summed E-state index contributed by atoms with van der Waals surface area (Å²) in [6.07, 6.45) is -3.88. The normalized spacial score (nSPS) is 19.4. The summed E-state index contributed by atoms with van der Waals surface area (Å²) in [5.74, 6) is 0.447. The summed E-state index contributed by atoms with van der Waals surface area (Å²) in [4.78, 5) is 0. The molecule has 1 aromatic rings. The molecule has 1 aliphatic carbocycles. The van der Waals surface area contributed by atoms with Crippen LogP contribution in [-0.4, -0.2) is 12.8 Å². The van der Waals surface area contributed by atoms with Crippen molar-refractivity contribution in [2.75, 3.05) is 6.61 Å². The van der Waals surface area contributed by atoms with Crippen LogP contribution in [0.3, 0.4) is 0 Å². The smallest absolute Gasteiger partial charge is 0.397 e. The zero-order valence-electron chi connectivity index (χ0n) is 10.1. The van der Waals surface area contributed by atoms with Crippen LogP contribution in [0.5, 0.6) is 5.75 Å². The molecule has 2 N–H and O–H groups in total. The van der Waals surface area contributed by atoms with Gasteiger partial charge in [0.2, 0.25) is 0 Å². The Morgan fingerprint density at radius 3 is 2.44 bits per heavy atom. The average Bonchev–Trinajstić information content (AvgIpc) is 3.07. The van der Waals surface area contributed by atoms with E-state index in [1.54, 1.807) is 31.2 Å². The molecule has 1 unspecified atom stereocenters. The second kappa shape index (κ2) is 4.46. The first-order valence-electron chi connectivity index (χ1n) is 5.90. The summed E-state index contributed by atoms with van der Waals surface area (Å²) >= 11 is 0. The van der Waals surface area contributed by atoms with Crippen LogP contribution in [0.2, 0.25) is 0 Å². The molecule has 0 aromatic heterocycles. The zero-order valence-corrected chi connectivity index (χ0v) is 10.1. The molecule has 0 bridgehead atoms. The molecule has 0 heterocycles. The number of rotatable bonds is 4. The van der Waals surface area contributed by atoms with Crippen LogP contribution in [-0.2, 0) is 0 Å². The molecule has 0 spiro atoms. The molecule has 1 aliphatic rings. The van der Waals surface area contributed by atoms with E-state index in [1.165, 1.54) is 0 Å². The molecule has 5 heteroatoms. The summed E-state index contributed by atoms with van der Waals surface area (Å²) in [5.41, 5.74) is 4.84. The maximum Gasteiger partial charge on any atom is 0.397 e. The van der Waals surface area contributed by atoms with Crippen molar-refractivity contribution in [2.24, 2.45) is 11.1 Å². The first-order chi connectivity index (χ1) is 8.36. The molecule has 2 nitrogen and oxygen atoms in total. The largest absolute Gasteiger partial charge is 0.492 e. The van der Waals surface area contributed by atoms with E-state index in [2.05, 4.69) is 0 Å². The van der Waals surface area contributed by atoms with Gasteiger partial charge in [0, 0.05) is 11.6 Å². The first kappa shape index (κ1) is 13.2. The molecule has 1 fully saturated rings. The highest BCUT2D eigenvalue weighted by Crippen LogP contribution is 2.57. The van der Waals surface area contributed by atoms with Gasteiger partial charge >= 0.3 is 6.18 Å². The molecule has 0 saturated heterocycles. The summed E-state index contributed by atoms with van der Waals surface area (Å²) in [6.45, 7) is 1.46. The Morgan fingerprint density at radius 2 is 1.94 bits per heavy atom. The number of benzene rings is 1. The van der Waals surface area contributed by atoms with Crippen molar-refractivity contribution in [3.05, 3.63) is 29.8 Å². The van der Waals surface area contributed by atoms with Gasteiger partial charge in [0.05, 0.1) is 0 Å². The van der Waals surface area contributed by atoms with Crippen molar-refractivity contribution >= 4 is 0 Å². The van der Waals surface area contributed by atoms with Crippen molar-refractivity contribution in [3.8, 4) is 5.75 Å². The van der Waals surface area contributed by atoms with Gasteiger partial charge in [0.25, 0.3) is 0 Å². The number of hydrogen-bond donors (Lipinski definition) is 1. The maximum absolute atomic E-state index is 12.8. The Balaban J connectivity index is 2.08. The lowest BCUT2D eigenvalue weighted by molar-refractivity contribution is -0.194. The Hall–Kier alpha value is -1.23. The van der Waals surface area contributed by atoms with E-state index in [-0.39, 0.29) is 25.5 Å². The fraction of sp³-hybridized carbons (Fsp3) is 0.538. The number of nitrogens with two attached hydrogens (primary N) is 1. The van der Waals surface area contributed by atoms with E-state index < -0.39 is 11.6 Å². The second-order valence-electron chi connectivity index (χ2n) is 4.89. The van der Waals surface area contributed by atoms with Gasteiger partial charge in [-0.15, -0.1) is 0 Å². The minimum absolute atomic E-state index is 0.150. The second-order valence-corrected chi connectivity index (χ2v) is 4.89. The summed E-state index contributed by atoms with van der Waals surface area (Å²) in [7, 11) is 0. The molecule has 0 aliphatic heterocycles. The lowest BCUT2D eigenvalue weighted by Gasteiger charge is -2.21. The van der Waals surface area contributed by atoms with Crippen molar-refractivity contribution in [3.63, 3.8) is 0 Å². The lowest BCUT2D eigenvalue weighted by atomic mass is 10.1. The van der Waals surface area contributed by atoms with Crippen LogP contribution in [0.1, 0.15) is 31.4 Å². The van der Waals surface area contributed by atoms with Crippen LogP contribution in [0.25, 0.3) is 0 Å². The predicted octanol–water partition coefficient (Wildman–Crippen LogP) is 3.43. The third kappa shape index (κ3) is 2.46. The van der Waals surface area contributed by atoms with Crippen LogP contribution >= 0.6 is 0 Å². The number of para-hydroxylation sites is 1. The van der Waals surface area contributed by atoms with Crippen molar-refractivity contribution < 1.29 is 17.9 Å². The van der Waals surface area contributed by atoms with Gasteiger partial charge in [-0.3, -0.25) is 0 Å². The van der Waals surface area contributed by atoms with E-state index in [1.807, 2.05) is 0 Å². The van der Waals surface area contributed by atoms with E-state index in [0.29, 0.717) is 5.75 Å². The number of halogens is 3. The minimum Gasteiger partial charge on any atom is -0.492 e. The molecular weight excluding hydrogens is 243 g/mol. The van der Waals surface area contributed by atoms with Crippen LogP contribution in [0, 0.1) is 5.41 Å². The SMILES string of the molecule is CC(N)c1ccccc1OCC1(C(F)(F)F)CC1. The molecule has 2 rings (SSSR count). The highest BCUT2D eigenvalue weighted by Gasteiger charge is 2.63. The van der Waals surface area contributed by atoms with E-state index in [0.717, 1.165) is 5.56 Å². The van der Waals surface area contributed by atoms with Gasteiger partial charge in [0.15, 0.2) is 0 Å². The van der Waals surface area contributed by atoms with E-state index in [9.17, 15) is 13.2 Å². The van der Waals surface area contributed by atoms with Crippen LogP contribution in [0.4, 0.5) is 13.2 Å². The fourth-order valence-corrected chi connectivity index (χ4v) is 1.86. The Kier molecular flexibility index (Phi) is 3.27. The standard InChI is InChI=1S/C13H16F3NO/c1-9(17)10-4-2-3-5-11(10)18-8-12(6-7-12)13(14,15)16/h2-5,9H,6-8,17H2,1H3. The van der Waals surface area contributed by atoms with Crippen LogP contribution < -0.4 is 10.5 Å². The van der Waals surface area contributed by atoms with E-state index in [4.69, 9.17) is 10.5 Å². The van der Waals surface area contributed by atoms with Gasteiger partial charge in [-0.05, 0) is 25.8 Å². The third-order valence-corrected chi connectivity index (χ3v) is 3.37.